The highest BCUT2D eigenvalue weighted by atomic mass is 16.7. The summed E-state index contributed by atoms with van der Waals surface area (Å²) in [7, 11) is 0. The molecule has 0 spiro atoms. The molecule has 1 saturated heterocycles. The van der Waals surface area contributed by atoms with E-state index in [1.807, 2.05) is 0 Å². The Morgan fingerprint density at radius 3 is 1.38 bits per heavy atom. The van der Waals surface area contributed by atoms with E-state index in [1.54, 1.807) is 0 Å². The summed E-state index contributed by atoms with van der Waals surface area (Å²) in [6.45, 7) is 2.28. The lowest BCUT2D eigenvalue weighted by Crippen LogP contribution is -2.59. The third-order valence-corrected chi connectivity index (χ3v) is 6.63. The molecular formula is C26H52O6. The Balaban J connectivity index is 1.82. The molecule has 32 heavy (non-hydrogen) atoms. The van der Waals surface area contributed by atoms with Crippen LogP contribution in [0.3, 0.4) is 0 Å². The van der Waals surface area contributed by atoms with Crippen molar-refractivity contribution in [3.8, 4) is 0 Å². The Labute approximate surface area is 196 Å². The van der Waals surface area contributed by atoms with Crippen LogP contribution >= 0.6 is 0 Å². The van der Waals surface area contributed by atoms with Crippen LogP contribution in [0.15, 0.2) is 0 Å². The Morgan fingerprint density at radius 2 is 0.969 bits per heavy atom. The Morgan fingerprint density at radius 1 is 0.562 bits per heavy atom. The van der Waals surface area contributed by atoms with Gasteiger partial charge in [0, 0.05) is 6.61 Å². The summed E-state index contributed by atoms with van der Waals surface area (Å²) < 4.78 is 10.9. The highest BCUT2D eigenvalue weighted by molar-refractivity contribution is 4.88. The van der Waals surface area contributed by atoms with Gasteiger partial charge in [0.15, 0.2) is 6.29 Å². The van der Waals surface area contributed by atoms with Crippen LogP contribution in [0.2, 0.25) is 0 Å². The van der Waals surface area contributed by atoms with E-state index in [2.05, 4.69) is 6.92 Å². The fourth-order valence-electron chi connectivity index (χ4n) is 4.41. The maximum absolute atomic E-state index is 9.93. The van der Waals surface area contributed by atoms with Crippen molar-refractivity contribution in [2.45, 2.75) is 153 Å². The molecule has 0 aromatic carbocycles. The Hall–Kier alpha value is -0.240. The molecule has 0 aliphatic carbocycles. The van der Waals surface area contributed by atoms with Crippen LogP contribution in [-0.4, -0.2) is 64.3 Å². The molecule has 1 fully saturated rings. The molecule has 5 unspecified atom stereocenters. The largest absolute Gasteiger partial charge is 0.394 e. The van der Waals surface area contributed by atoms with Gasteiger partial charge in [-0.15, -0.1) is 0 Å². The number of aliphatic hydroxyl groups excluding tert-OH is 4. The summed E-state index contributed by atoms with van der Waals surface area (Å²) in [6.07, 6.45) is 17.9. The van der Waals surface area contributed by atoms with Crippen molar-refractivity contribution in [1.29, 1.82) is 0 Å². The van der Waals surface area contributed by atoms with Gasteiger partial charge in [-0.05, 0) is 6.42 Å². The minimum Gasteiger partial charge on any atom is -0.394 e. The highest BCUT2D eigenvalue weighted by Crippen LogP contribution is 2.22. The minimum atomic E-state index is -1.37. The molecule has 0 saturated carbocycles. The van der Waals surface area contributed by atoms with E-state index in [-0.39, 0.29) is 0 Å². The van der Waals surface area contributed by atoms with Gasteiger partial charge < -0.3 is 29.9 Å². The zero-order chi connectivity index (χ0) is 23.4. The van der Waals surface area contributed by atoms with Crippen LogP contribution in [0.4, 0.5) is 0 Å². The number of ether oxygens (including phenoxy) is 2. The van der Waals surface area contributed by atoms with E-state index >= 15 is 0 Å². The zero-order valence-corrected chi connectivity index (χ0v) is 20.6. The average molecular weight is 461 g/mol. The van der Waals surface area contributed by atoms with Crippen molar-refractivity contribution in [2.75, 3.05) is 13.2 Å². The summed E-state index contributed by atoms with van der Waals surface area (Å²) in [5.74, 6) is 0. The summed E-state index contributed by atoms with van der Waals surface area (Å²) in [5.41, 5.74) is 0. The third-order valence-electron chi connectivity index (χ3n) is 6.63. The normalized spacial score (nSPS) is 26.0. The Bertz CT molecular complexity index is 406. The summed E-state index contributed by atoms with van der Waals surface area (Å²) >= 11 is 0. The molecule has 0 radical (unpaired) electrons. The fraction of sp³-hybridized carbons (Fsp3) is 1.00. The van der Waals surface area contributed by atoms with Crippen LogP contribution < -0.4 is 0 Å². The number of aliphatic hydroxyl groups is 4. The lowest BCUT2D eigenvalue weighted by atomic mass is 9.99. The predicted octanol–water partition coefficient (Wildman–Crippen LogP) is 4.84. The van der Waals surface area contributed by atoms with E-state index in [0.717, 1.165) is 12.8 Å². The van der Waals surface area contributed by atoms with Crippen molar-refractivity contribution in [1.82, 2.24) is 0 Å². The van der Waals surface area contributed by atoms with Gasteiger partial charge in [0.2, 0.25) is 0 Å². The van der Waals surface area contributed by atoms with Crippen LogP contribution in [-0.2, 0) is 9.47 Å². The van der Waals surface area contributed by atoms with E-state index in [1.165, 1.54) is 103 Å². The number of hydrogen-bond donors (Lipinski definition) is 4. The van der Waals surface area contributed by atoms with Crippen molar-refractivity contribution in [3.63, 3.8) is 0 Å². The number of rotatable bonds is 21. The summed E-state index contributed by atoms with van der Waals surface area (Å²) in [6, 6.07) is 0. The van der Waals surface area contributed by atoms with Crippen LogP contribution in [0.1, 0.15) is 122 Å². The molecule has 1 heterocycles. The van der Waals surface area contributed by atoms with Crippen molar-refractivity contribution < 1.29 is 29.9 Å². The quantitative estimate of drug-likeness (QED) is 0.183. The maximum atomic E-state index is 9.93. The van der Waals surface area contributed by atoms with Gasteiger partial charge >= 0.3 is 0 Å². The molecule has 1 aliphatic heterocycles. The number of hydrogen-bond acceptors (Lipinski definition) is 6. The van der Waals surface area contributed by atoms with Gasteiger partial charge in [0.1, 0.15) is 24.4 Å². The minimum absolute atomic E-state index is 0.427. The maximum Gasteiger partial charge on any atom is 0.186 e. The van der Waals surface area contributed by atoms with Gasteiger partial charge in [-0.2, -0.15) is 0 Å². The first kappa shape index (κ1) is 29.8. The molecule has 5 atom stereocenters. The number of unbranched alkanes of at least 4 members (excludes halogenated alkanes) is 17. The van der Waals surface area contributed by atoms with Gasteiger partial charge in [0.25, 0.3) is 0 Å². The standard InChI is InChI=1S/C26H52O6/c1-2-3-4-5-6-7-8-9-10-11-12-13-14-15-16-17-18-19-20-31-26-25(30)24(29)23(28)22(21-27)32-26/h22-30H,2-21H2,1H3. The highest BCUT2D eigenvalue weighted by Gasteiger charge is 2.43. The topological polar surface area (TPSA) is 99.4 Å². The van der Waals surface area contributed by atoms with E-state index in [9.17, 15) is 20.4 Å². The lowest BCUT2D eigenvalue weighted by molar-refractivity contribution is -0.301. The van der Waals surface area contributed by atoms with Gasteiger partial charge in [-0.1, -0.05) is 116 Å². The van der Waals surface area contributed by atoms with Crippen molar-refractivity contribution in [2.24, 2.45) is 0 Å². The summed E-state index contributed by atoms with van der Waals surface area (Å²) in [5, 5.41) is 38.6. The molecule has 6 nitrogen and oxygen atoms in total. The Kier molecular flexibility index (Phi) is 18.8. The molecule has 0 amide bonds. The third kappa shape index (κ3) is 13.5. The molecular weight excluding hydrogens is 408 g/mol. The van der Waals surface area contributed by atoms with Gasteiger partial charge in [-0.3, -0.25) is 0 Å². The van der Waals surface area contributed by atoms with E-state index < -0.39 is 37.3 Å². The molecule has 6 heteroatoms. The molecule has 0 aromatic heterocycles. The van der Waals surface area contributed by atoms with Crippen molar-refractivity contribution in [3.05, 3.63) is 0 Å². The first-order valence-electron chi connectivity index (χ1n) is 13.5. The molecule has 4 N–H and O–H groups in total. The van der Waals surface area contributed by atoms with Gasteiger partial charge in [0.05, 0.1) is 6.61 Å². The van der Waals surface area contributed by atoms with E-state index in [4.69, 9.17) is 9.47 Å². The SMILES string of the molecule is CCCCCCCCCCCCCCCCCCCCOC1OC(CO)C(O)C(O)C1O. The average Bonchev–Trinajstić information content (AvgIpc) is 2.80. The van der Waals surface area contributed by atoms with Crippen molar-refractivity contribution >= 4 is 0 Å². The molecule has 1 aliphatic rings. The monoisotopic (exact) mass is 460 g/mol. The lowest BCUT2D eigenvalue weighted by Gasteiger charge is -2.39. The summed E-state index contributed by atoms with van der Waals surface area (Å²) in [4.78, 5) is 0. The van der Waals surface area contributed by atoms with E-state index in [0.29, 0.717) is 6.61 Å². The molecule has 0 aromatic rings. The second-order valence-electron chi connectivity index (χ2n) is 9.58. The smallest absolute Gasteiger partial charge is 0.186 e. The molecule has 0 bridgehead atoms. The predicted molar refractivity (Wildman–Crippen MR) is 128 cm³/mol. The fourth-order valence-corrected chi connectivity index (χ4v) is 4.41. The molecule has 192 valence electrons. The first-order valence-corrected chi connectivity index (χ1v) is 13.5. The second-order valence-corrected chi connectivity index (χ2v) is 9.58. The van der Waals surface area contributed by atoms with Crippen LogP contribution in [0, 0.1) is 0 Å². The first-order chi connectivity index (χ1) is 15.6. The van der Waals surface area contributed by atoms with Gasteiger partial charge in [-0.25, -0.2) is 0 Å². The van der Waals surface area contributed by atoms with Crippen LogP contribution in [0.25, 0.3) is 0 Å². The van der Waals surface area contributed by atoms with Crippen LogP contribution in [0.5, 0.6) is 0 Å². The second kappa shape index (κ2) is 20.2. The molecule has 1 rings (SSSR count). The zero-order valence-electron chi connectivity index (χ0n) is 20.6.